The summed E-state index contributed by atoms with van der Waals surface area (Å²) < 4.78 is 0. The Kier molecular flexibility index (Phi) is 20.8. The van der Waals surface area contributed by atoms with Gasteiger partial charge in [-0.25, -0.2) is 0 Å². The van der Waals surface area contributed by atoms with E-state index in [2.05, 4.69) is 36.3 Å². The summed E-state index contributed by atoms with van der Waals surface area (Å²) in [5.74, 6) is 0.393. The number of amides is 2. The molecular weight excluding hydrogens is 362 g/mol. The number of hydrogen-bond donors (Lipinski definition) is 2. The van der Waals surface area contributed by atoms with Crippen molar-refractivity contribution in [3.63, 3.8) is 0 Å². The molecule has 0 saturated heterocycles. The highest BCUT2D eigenvalue weighted by Gasteiger charge is 2.05. The van der Waals surface area contributed by atoms with Crippen molar-refractivity contribution >= 4 is 11.8 Å². The maximum Gasteiger partial charge on any atom is 0.219 e. The Bertz CT molecular complexity index is 354. The number of carbonyl (C=O) groups excluding carboxylic acids is 2. The fraction of sp³-hybridized carbons (Fsp3) is 0.917. The number of nitrogens with zero attached hydrogens (tertiary/aromatic N) is 1. The predicted molar refractivity (Wildman–Crippen MR) is 124 cm³/mol. The third kappa shape index (κ3) is 20.0. The Morgan fingerprint density at radius 3 is 1.38 bits per heavy atom. The third-order valence-electron chi connectivity index (χ3n) is 5.41. The monoisotopic (exact) mass is 411 g/mol. The summed E-state index contributed by atoms with van der Waals surface area (Å²) in [6.45, 7) is 11.1. The standard InChI is InChI=1S/C24H49N3O2/c1-4-7-9-11-13-17-23(28)25-19-15-21-27(6-3)22-16-20-26-24(29)18-14-12-10-8-5-2/h4-22H2,1-3H3,(H,25,28)(H,26,29). The largest absolute Gasteiger partial charge is 0.356 e. The van der Waals surface area contributed by atoms with Gasteiger partial charge >= 0.3 is 0 Å². The Morgan fingerprint density at radius 2 is 1.00 bits per heavy atom. The van der Waals surface area contributed by atoms with E-state index in [1.807, 2.05) is 0 Å². The van der Waals surface area contributed by atoms with Crippen molar-refractivity contribution in [3.8, 4) is 0 Å². The molecule has 0 aromatic heterocycles. The van der Waals surface area contributed by atoms with Gasteiger partial charge in [0.15, 0.2) is 0 Å². The molecule has 0 heterocycles. The SMILES string of the molecule is CCCCCCCC(=O)NCCCN(CC)CCCNC(=O)CCCCCCC. The molecule has 0 spiro atoms. The molecule has 5 nitrogen and oxygen atoms in total. The zero-order valence-electron chi connectivity index (χ0n) is 19.7. The van der Waals surface area contributed by atoms with Gasteiger partial charge in [0.2, 0.25) is 11.8 Å². The second-order valence-electron chi connectivity index (χ2n) is 8.17. The second kappa shape index (κ2) is 21.6. The molecule has 0 fully saturated rings. The van der Waals surface area contributed by atoms with Crippen LogP contribution in [0.5, 0.6) is 0 Å². The lowest BCUT2D eigenvalue weighted by atomic mass is 10.1. The normalized spacial score (nSPS) is 11.0. The van der Waals surface area contributed by atoms with Gasteiger partial charge in [-0.3, -0.25) is 9.59 Å². The summed E-state index contributed by atoms with van der Waals surface area (Å²) in [6.07, 6.45) is 15.2. The lowest BCUT2D eigenvalue weighted by molar-refractivity contribution is -0.122. The summed E-state index contributed by atoms with van der Waals surface area (Å²) >= 11 is 0. The van der Waals surface area contributed by atoms with Gasteiger partial charge < -0.3 is 15.5 Å². The smallest absolute Gasteiger partial charge is 0.219 e. The minimum absolute atomic E-state index is 0.196. The molecule has 5 heteroatoms. The van der Waals surface area contributed by atoms with Crippen molar-refractivity contribution in [3.05, 3.63) is 0 Å². The topological polar surface area (TPSA) is 61.4 Å². The molecule has 172 valence electrons. The van der Waals surface area contributed by atoms with Crippen LogP contribution >= 0.6 is 0 Å². The second-order valence-corrected chi connectivity index (χ2v) is 8.17. The van der Waals surface area contributed by atoms with Crippen LogP contribution in [0.4, 0.5) is 0 Å². The molecular formula is C24H49N3O2. The number of nitrogens with one attached hydrogen (secondary N) is 2. The summed E-state index contributed by atoms with van der Waals surface area (Å²) in [6, 6.07) is 0. The number of carbonyl (C=O) groups is 2. The average molecular weight is 412 g/mol. The van der Waals surface area contributed by atoms with Crippen LogP contribution in [0.3, 0.4) is 0 Å². The zero-order chi connectivity index (χ0) is 21.6. The van der Waals surface area contributed by atoms with E-state index in [-0.39, 0.29) is 11.8 Å². The maximum atomic E-state index is 11.8. The van der Waals surface area contributed by atoms with E-state index in [1.165, 1.54) is 51.4 Å². The molecule has 0 rings (SSSR count). The first kappa shape index (κ1) is 27.9. The van der Waals surface area contributed by atoms with Crippen LogP contribution in [-0.4, -0.2) is 49.4 Å². The lowest BCUT2D eigenvalue weighted by Gasteiger charge is -2.20. The summed E-state index contributed by atoms with van der Waals surface area (Å²) in [7, 11) is 0. The van der Waals surface area contributed by atoms with Gasteiger partial charge in [0, 0.05) is 25.9 Å². The average Bonchev–Trinajstić information content (AvgIpc) is 2.72. The molecule has 0 aliphatic rings. The van der Waals surface area contributed by atoms with E-state index in [1.54, 1.807) is 0 Å². The molecule has 0 aliphatic heterocycles. The molecule has 2 amide bonds. The highest BCUT2D eigenvalue weighted by molar-refractivity contribution is 5.76. The molecule has 0 aromatic rings. The van der Waals surface area contributed by atoms with Gasteiger partial charge in [0.1, 0.15) is 0 Å². The molecule has 0 aromatic carbocycles. The van der Waals surface area contributed by atoms with E-state index in [0.29, 0.717) is 12.8 Å². The van der Waals surface area contributed by atoms with Gasteiger partial charge in [0.25, 0.3) is 0 Å². The van der Waals surface area contributed by atoms with E-state index in [9.17, 15) is 9.59 Å². The molecule has 0 bridgehead atoms. The van der Waals surface area contributed by atoms with Crippen molar-refractivity contribution in [1.29, 1.82) is 0 Å². The first-order chi connectivity index (χ1) is 14.1. The first-order valence-corrected chi connectivity index (χ1v) is 12.4. The minimum Gasteiger partial charge on any atom is -0.356 e. The highest BCUT2D eigenvalue weighted by Crippen LogP contribution is 2.05. The van der Waals surface area contributed by atoms with Crippen LogP contribution in [0.2, 0.25) is 0 Å². The minimum atomic E-state index is 0.196. The maximum absolute atomic E-state index is 11.8. The van der Waals surface area contributed by atoms with E-state index >= 15 is 0 Å². The van der Waals surface area contributed by atoms with Crippen molar-refractivity contribution in [2.75, 3.05) is 32.7 Å². The van der Waals surface area contributed by atoms with Gasteiger partial charge in [-0.1, -0.05) is 72.1 Å². The quantitative estimate of drug-likeness (QED) is 0.260. The summed E-state index contributed by atoms with van der Waals surface area (Å²) in [5, 5.41) is 6.09. The molecule has 29 heavy (non-hydrogen) atoms. The fourth-order valence-corrected chi connectivity index (χ4v) is 3.44. The van der Waals surface area contributed by atoms with Crippen LogP contribution in [0.25, 0.3) is 0 Å². The lowest BCUT2D eigenvalue weighted by Crippen LogP contribution is -2.32. The molecule has 0 aliphatic carbocycles. The third-order valence-corrected chi connectivity index (χ3v) is 5.41. The zero-order valence-corrected chi connectivity index (χ0v) is 19.7. The number of rotatable bonds is 21. The van der Waals surface area contributed by atoms with Crippen molar-refractivity contribution in [2.45, 2.75) is 111 Å². The van der Waals surface area contributed by atoms with Crippen LogP contribution in [0.1, 0.15) is 111 Å². The van der Waals surface area contributed by atoms with Crippen molar-refractivity contribution in [2.24, 2.45) is 0 Å². The molecule has 2 N–H and O–H groups in total. The summed E-state index contributed by atoms with van der Waals surface area (Å²) in [5.41, 5.74) is 0. The molecule has 0 radical (unpaired) electrons. The van der Waals surface area contributed by atoms with Crippen LogP contribution in [-0.2, 0) is 9.59 Å². The van der Waals surface area contributed by atoms with Gasteiger partial charge in [-0.15, -0.1) is 0 Å². The number of hydrogen-bond acceptors (Lipinski definition) is 3. The molecule has 0 saturated carbocycles. The molecule has 0 unspecified atom stereocenters. The predicted octanol–water partition coefficient (Wildman–Crippen LogP) is 5.04. The van der Waals surface area contributed by atoms with Crippen molar-refractivity contribution < 1.29 is 9.59 Å². The van der Waals surface area contributed by atoms with Crippen LogP contribution in [0, 0.1) is 0 Å². The van der Waals surface area contributed by atoms with E-state index < -0.39 is 0 Å². The number of unbranched alkanes of at least 4 members (excludes halogenated alkanes) is 8. The van der Waals surface area contributed by atoms with Crippen molar-refractivity contribution in [1.82, 2.24) is 15.5 Å². The Labute approximate surface area is 180 Å². The van der Waals surface area contributed by atoms with Gasteiger partial charge in [-0.05, 0) is 45.3 Å². The summed E-state index contributed by atoms with van der Waals surface area (Å²) in [4.78, 5) is 26.0. The first-order valence-electron chi connectivity index (χ1n) is 12.4. The fourth-order valence-electron chi connectivity index (χ4n) is 3.44. The van der Waals surface area contributed by atoms with E-state index in [0.717, 1.165) is 58.4 Å². The van der Waals surface area contributed by atoms with E-state index in [4.69, 9.17) is 0 Å². The van der Waals surface area contributed by atoms with Gasteiger partial charge in [-0.2, -0.15) is 0 Å². The van der Waals surface area contributed by atoms with Crippen LogP contribution in [0.15, 0.2) is 0 Å². The Morgan fingerprint density at radius 1 is 0.586 bits per heavy atom. The highest BCUT2D eigenvalue weighted by atomic mass is 16.2. The Balaban J connectivity index is 3.57. The Hall–Kier alpha value is -1.10. The molecule has 0 atom stereocenters. The van der Waals surface area contributed by atoms with Crippen LogP contribution < -0.4 is 10.6 Å². The van der Waals surface area contributed by atoms with Gasteiger partial charge in [0.05, 0.1) is 0 Å².